The molecule has 0 aliphatic carbocycles. The van der Waals surface area contributed by atoms with Crippen LogP contribution in [0.3, 0.4) is 0 Å². The van der Waals surface area contributed by atoms with Crippen molar-refractivity contribution in [3.63, 3.8) is 0 Å². The Morgan fingerprint density at radius 1 is 1.04 bits per heavy atom. The summed E-state index contributed by atoms with van der Waals surface area (Å²) in [4.78, 5) is 18.9. The molecule has 0 atom stereocenters. The summed E-state index contributed by atoms with van der Waals surface area (Å²) in [5.41, 5.74) is 2.13. The maximum Gasteiger partial charge on any atom is 0.255 e. The largest absolute Gasteiger partial charge is 0.497 e. The van der Waals surface area contributed by atoms with Crippen molar-refractivity contribution in [1.29, 1.82) is 0 Å². The Bertz CT molecular complexity index is 756. The van der Waals surface area contributed by atoms with Crippen LogP contribution in [0.25, 0.3) is 0 Å². The van der Waals surface area contributed by atoms with E-state index in [1.54, 1.807) is 26.6 Å². The molecule has 0 spiro atoms. The zero-order chi connectivity index (χ0) is 18.4. The van der Waals surface area contributed by atoms with Gasteiger partial charge in [-0.3, -0.25) is 9.78 Å². The maximum atomic E-state index is 12.8. The molecule has 26 heavy (non-hydrogen) atoms. The number of benzene rings is 1. The average Bonchev–Trinajstić information content (AvgIpc) is 2.97. The minimum absolute atomic E-state index is 0.0461. The van der Waals surface area contributed by atoms with Gasteiger partial charge in [-0.1, -0.05) is 12.8 Å². The molecule has 6 nitrogen and oxygen atoms in total. The molecule has 3 rings (SSSR count). The number of aromatic nitrogens is 1. The second-order valence-electron chi connectivity index (χ2n) is 6.36. The van der Waals surface area contributed by atoms with Gasteiger partial charge in [0.2, 0.25) is 0 Å². The van der Waals surface area contributed by atoms with E-state index in [-0.39, 0.29) is 5.91 Å². The molecule has 1 aliphatic rings. The smallest absolute Gasteiger partial charge is 0.255 e. The van der Waals surface area contributed by atoms with Crippen molar-refractivity contribution in [1.82, 2.24) is 9.88 Å². The van der Waals surface area contributed by atoms with Gasteiger partial charge in [-0.15, -0.1) is 0 Å². The number of amides is 1. The lowest BCUT2D eigenvalue weighted by Crippen LogP contribution is -2.31. The van der Waals surface area contributed by atoms with E-state index in [0.717, 1.165) is 43.1 Å². The Balaban J connectivity index is 1.78. The summed E-state index contributed by atoms with van der Waals surface area (Å²) in [6.07, 6.45) is 7.86. The minimum Gasteiger partial charge on any atom is -0.497 e. The molecule has 1 fully saturated rings. The fourth-order valence-corrected chi connectivity index (χ4v) is 3.14. The summed E-state index contributed by atoms with van der Waals surface area (Å²) in [7, 11) is 3.22. The van der Waals surface area contributed by atoms with Crippen LogP contribution in [0, 0.1) is 0 Å². The van der Waals surface area contributed by atoms with Crippen molar-refractivity contribution in [3.05, 3.63) is 42.2 Å². The summed E-state index contributed by atoms with van der Waals surface area (Å²) < 4.78 is 10.6. The third-order valence-corrected chi connectivity index (χ3v) is 4.57. The van der Waals surface area contributed by atoms with Crippen molar-refractivity contribution in [2.75, 3.05) is 32.6 Å². The quantitative estimate of drug-likeness (QED) is 0.882. The lowest BCUT2D eigenvalue weighted by molar-refractivity contribution is 0.0761. The predicted octanol–water partition coefficient (Wildman–Crippen LogP) is 3.86. The van der Waals surface area contributed by atoms with Crippen molar-refractivity contribution < 1.29 is 14.3 Å². The number of anilines is 2. The number of methoxy groups -OCH3 is 2. The maximum absolute atomic E-state index is 12.8. The normalized spacial score (nSPS) is 14.5. The van der Waals surface area contributed by atoms with E-state index in [1.807, 2.05) is 29.2 Å². The monoisotopic (exact) mass is 355 g/mol. The number of hydrogen-bond acceptors (Lipinski definition) is 5. The zero-order valence-corrected chi connectivity index (χ0v) is 15.3. The molecular formula is C20H25N3O3. The van der Waals surface area contributed by atoms with E-state index < -0.39 is 0 Å². The van der Waals surface area contributed by atoms with Gasteiger partial charge in [0.25, 0.3) is 5.91 Å². The second-order valence-corrected chi connectivity index (χ2v) is 6.36. The summed E-state index contributed by atoms with van der Waals surface area (Å²) in [6, 6.07) is 7.37. The Hall–Kier alpha value is -2.76. The molecule has 1 aliphatic heterocycles. The molecule has 1 saturated heterocycles. The van der Waals surface area contributed by atoms with E-state index >= 15 is 0 Å². The molecule has 1 N–H and O–H groups in total. The molecule has 0 saturated carbocycles. The van der Waals surface area contributed by atoms with Crippen LogP contribution >= 0.6 is 0 Å². The van der Waals surface area contributed by atoms with E-state index in [1.165, 1.54) is 12.8 Å². The van der Waals surface area contributed by atoms with E-state index in [2.05, 4.69) is 10.3 Å². The van der Waals surface area contributed by atoms with Gasteiger partial charge in [0, 0.05) is 25.4 Å². The van der Waals surface area contributed by atoms with Crippen molar-refractivity contribution in [2.24, 2.45) is 0 Å². The van der Waals surface area contributed by atoms with Crippen LogP contribution < -0.4 is 14.8 Å². The van der Waals surface area contributed by atoms with Crippen molar-refractivity contribution in [3.8, 4) is 11.5 Å². The number of rotatable bonds is 5. The van der Waals surface area contributed by atoms with Gasteiger partial charge in [0.15, 0.2) is 0 Å². The standard InChI is InChI=1S/C20H25N3O3/c1-25-17-7-8-18(19(12-17)26-2)22-16-11-15(13-21-14-16)20(24)23-9-5-3-4-6-10-23/h7-8,11-14,22H,3-6,9-10H2,1-2H3. The van der Waals surface area contributed by atoms with Gasteiger partial charge < -0.3 is 19.7 Å². The van der Waals surface area contributed by atoms with Gasteiger partial charge >= 0.3 is 0 Å². The van der Waals surface area contributed by atoms with Gasteiger partial charge in [-0.2, -0.15) is 0 Å². The first-order chi connectivity index (χ1) is 12.7. The molecule has 1 amide bonds. The fraction of sp³-hybridized carbons (Fsp3) is 0.400. The van der Waals surface area contributed by atoms with Crippen LogP contribution in [-0.2, 0) is 0 Å². The van der Waals surface area contributed by atoms with Gasteiger partial charge in [-0.05, 0) is 31.0 Å². The molecular weight excluding hydrogens is 330 g/mol. The number of likely N-dealkylation sites (tertiary alicyclic amines) is 1. The van der Waals surface area contributed by atoms with E-state index in [0.29, 0.717) is 11.3 Å². The first kappa shape index (κ1) is 18.0. The lowest BCUT2D eigenvalue weighted by Gasteiger charge is -2.20. The van der Waals surface area contributed by atoms with Crippen LogP contribution in [0.4, 0.5) is 11.4 Å². The average molecular weight is 355 g/mol. The molecule has 0 bridgehead atoms. The summed E-state index contributed by atoms with van der Waals surface area (Å²) in [6.45, 7) is 1.64. The van der Waals surface area contributed by atoms with E-state index in [9.17, 15) is 4.79 Å². The number of hydrogen-bond donors (Lipinski definition) is 1. The first-order valence-corrected chi connectivity index (χ1v) is 8.94. The highest BCUT2D eigenvalue weighted by atomic mass is 16.5. The fourth-order valence-electron chi connectivity index (χ4n) is 3.14. The predicted molar refractivity (Wildman–Crippen MR) is 101 cm³/mol. The first-order valence-electron chi connectivity index (χ1n) is 8.94. The van der Waals surface area contributed by atoms with Crippen molar-refractivity contribution >= 4 is 17.3 Å². The van der Waals surface area contributed by atoms with Crippen LogP contribution in [0.15, 0.2) is 36.7 Å². The van der Waals surface area contributed by atoms with Crippen LogP contribution in [0.5, 0.6) is 11.5 Å². The topological polar surface area (TPSA) is 63.7 Å². The van der Waals surface area contributed by atoms with Crippen LogP contribution in [-0.4, -0.2) is 43.1 Å². The molecule has 2 aromatic rings. The third-order valence-electron chi connectivity index (χ3n) is 4.57. The highest BCUT2D eigenvalue weighted by Gasteiger charge is 2.18. The molecule has 0 unspecified atom stereocenters. The molecule has 0 radical (unpaired) electrons. The second kappa shape index (κ2) is 8.56. The molecule has 1 aromatic heterocycles. The van der Waals surface area contributed by atoms with Gasteiger partial charge in [0.05, 0.1) is 37.4 Å². The molecule has 138 valence electrons. The third kappa shape index (κ3) is 4.25. The summed E-state index contributed by atoms with van der Waals surface area (Å²) >= 11 is 0. The number of carbonyl (C=O) groups excluding carboxylic acids is 1. The van der Waals surface area contributed by atoms with Gasteiger partial charge in [-0.25, -0.2) is 0 Å². The highest BCUT2D eigenvalue weighted by Crippen LogP contribution is 2.31. The van der Waals surface area contributed by atoms with E-state index in [4.69, 9.17) is 9.47 Å². The minimum atomic E-state index is 0.0461. The number of ether oxygens (including phenoxy) is 2. The number of pyridine rings is 1. The van der Waals surface area contributed by atoms with Crippen LogP contribution in [0.2, 0.25) is 0 Å². The lowest BCUT2D eigenvalue weighted by atomic mass is 10.2. The molecule has 2 heterocycles. The zero-order valence-electron chi connectivity index (χ0n) is 15.3. The van der Waals surface area contributed by atoms with Crippen molar-refractivity contribution in [2.45, 2.75) is 25.7 Å². The Labute approximate surface area is 154 Å². The Morgan fingerprint density at radius 3 is 2.50 bits per heavy atom. The Kier molecular flexibility index (Phi) is 5.94. The summed E-state index contributed by atoms with van der Waals surface area (Å²) in [5.74, 6) is 1.42. The number of nitrogens with zero attached hydrogens (tertiary/aromatic N) is 2. The van der Waals surface area contributed by atoms with Gasteiger partial charge in [0.1, 0.15) is 11.5 Å². The van der Waals surface area contributed by atoms with Crippen LogP contribution in [0.1, 0.15) is 36.0 Å². The SMILES string of the molecule is COc1ccc(Nc2cncc(C(=O)N3CCCCCC3)c2)c(OC)c1. The number of nitrogens with one attached hydrogen (secondary N) is 1. The Morgan fingerprint density at radius 2 is 1.81 bits per heavy atom. The molecule has 1 aromatic carbocycles. The molecule has 6 heteroatoms. The number of carbonyl (C=O) groups is 1. The summed E-state index contributed by atoms with van der Waals surface area (Å²) in [5, 5.41) is 3.27. The highest BCUT2D eigenvalue weighted by molar-refractivity contribution is 5.95.